The zero-order valence-electron chi connectivity index (χ0n) is 18.5. The number of fused-ring (bicyclic) bond motifs is 1. The highest BCUT2D eigenvalue weighted by molar-refractivity contribution is 6.30. The van der Waals surface area contributed by atoms with Crippen molar-refractivity contribution < 1.29 is 19.1 Å². The molecule has 0 bridgehead atoms. The molecule has 8 heteroatoms. The van der Waals surface area contributed by atoms with E-state index in [9.17, 15) is 9.59 Å². The van der Waals surface area contributed by atoms with Gasteiger partial charge in [-0.25, -0.2) is 0 Å². The quantitative estimate of drug-likeness (QED) is 0.688. The van der Waals surface area contributed by atoms with Crippen LogP contribution in [0.5, 0.6) is 11.5 Å². The van der Waals surface area contributed by atoms with Crippen molar-refractivity contribution in [2.75, 3.05) is 50.8 Å². The average molecular weight is 470 g/mol. The Kier molecular flexibility index (Phi) is 6.42. The molecule has 33 heavy (non-hydrogen) atoms. The Hall–Kier alpha value is -2.77. The summed E-state index contributed by atoms with van der Waals surface area (Å²) < 4.78 is 11.2. The van der Waals surface area contributed by atoms with Crippen molar-refractivity contribution in [1.82, 2.24) is 9.80 Å². The molecule has 3 aliphatic heterocycles. The van der Waals surface area contributed by atoms with Gasteiger partial charge in [0.05, 0.1) is 5.92 Å². The molecule has 0 N–H and O–H groups in total. The molecule has 0 aliphatic carbocycles. The largest absolute Gasteiger partial charge is 0.486 e. The van der Waals surface area contributed by atoms with Crippen LogP contribution in [-0.4, -0.2) is 67.6 Å². The van der Waals surface area contributed by atoms with E-state index in [1.54, 1.807) is 4.90 Å². The summed E-state index contributed by atoms with van der Waals surface area (Å²) in [7, 11) is 0. The van der Waals surface area contributed by atoms with E-state index in [0.717, 1.165) is 43.3 Å². The normalized spacial score (nSPS) is 21.2. The lowest BCUT2D eigenvalue weighted by Crippen LogP contribution is -2.39. The number of nitrogens with zero attached hydrogens (tertiary/aromatic N) is 3. The summed E-state index contributed by atoms with van der Waals surface area (Å²) in [5, 5.41) is 0.739. The molecular formula is C25H28ClN3O4. The predicted octanol–water partition coefficient (Wildman–Crippen LogP) is 3.20. The SMILES string of the molecule is O=C(C1CC(=O)N(c2ccc3c(c2)OCCO3)C1)N1CCCN(Cc2ccc(Cl)cc2)CC1. The van der Waals surface area contributed by atoms with Crippen LogP contribution < -0.4 is 14.4 Å². The highest BCUT2D eigenvalue weighted by Crippen LogP contribution is 2.36. The fourth-order valence-electron chi connectivity index (χ4n) is 4.78. The lowest BCUT2D eigenvalue weighted by atomic mass is 10.1. The monoisotopic (exact) mass is 469 g/mol. The molecular weight excluding hydrogens is 442 g/mol. The van der Waals surface area contributed by atoms with Crippen molar-refractivity contribution in [3.8, 4) is 11.5 Å². The Morgan fingerprint density at radius 1 is 0.970 bits per heavy atom. The van der Waals surface area contributed by atoms with E-state index in [1.165, 1.54) is 5.56 Å². The molecule has 2 saturated heterocycles. The van der Waals surface area contributed by atoms with Gasteiger partial charge < -0.3 is 19.3 Å². The molecule has 1 atom stereocenters. The maximum atomic E-state index is 13.3. The van der Waals surface area contributed by atoms with Gasteiger partial charge in [-0.3, -0.25) is 14.5 Å². The number of hydrogen-bond acceptors (Lipinski definition) is 5. The Labute approximate surface area is 198 Å². The fourth-order valence-corrected chi connectivity index (χ4v) is 4.90. The molecule has 3 aliphatic rings. The topological polar surface area (TPSA) is 62.3 Å². The summed E-state index contributed by atoms with van der Waals surface area (Å²) in [6, 6.07) is 13.4. The summed E-state index contributed by atoms with van der Waals surface area (Å²) in [6.45, 7) is 5.45. The first-order chi connectivity index (χ1) is 16.1. The minimum absolute atomic E-state index is 0.0239. The first-order valence-electron chi connectivity index (χ1n) is 11.5. The second-order valence-corrected chi connectivity index (χ2v) is 9.25. The van der Waals surface area contributed by atoms with Crippen LogP contribution in [0.4, 0.5) is 5.69 Å². The maximum absolute atomic E-state index is 13.3. The van der Waals surface area contributed by atoms with Crippen molar-refractivity contribution in [2.45, 2.75) is 19.4 Å². The van der Waals surface area contributed by atoms with E-state index in [0.29, 0.717) is 37.8 Å². The molecule has 2 amide bonds. The van der Waals surface area contributed by atoms with Crippen LogP contribution >= 0.6 is 11.6 Å². The molecule has 0 aromatic heterocycles. The maximum Gasteiger partial charge on any atom is 0.228 e. The third kappa shape index (κ3) is 4.94. The fraction of sp³-hybridized carbons (Fsp3) is 0.440. The van der Waals surface area contributed by atoms with E-state index < -0.39 is 0 Å². The summed E-state index contributed by atoms with van der Waals surface area (Å²) in [6.07, 6.45) is 1.17. The number of carbonyl (C=O) groups excluding carboxylic acids is 2. The first-order valence-corrected chi connectivity index (χ1v) is 11.9. The molecule has 1 unspecified atom stereocenters. The van der Waals surface area contributed by atoms with Gasteiger partial charge >= 0.3 is 0 Å². The van der Waals surface area contributed by atoms with Crippen LogP contribution in [0.2, 0.25) is 5.02 Å². The Balaban J connectivity index is 1.19. The molecule has 174 valence electrons. The van der Waals surface area contributed by atoms with Crippen LogP contribution in [-0.2, 0) is 16.1 Å². The third-order valence-electron chi connectivity index (χ3n) is 6.53. The van der Waals surface area contributed by atoms with E-state index in [1.807, 2.05) is 47.4 Å². The summed E-state index contributed by atoms with van der Waals surface area (Å²) in [5.41, 5.74) is 1.97. The lowest BCUT2D eigenvalue weighted by molar-refractivity contribution is -0.135. The molecule has 0 spiro atoms. The first kappa shape index (κ1) is 22.0. The number of ether oxygens (including phenoxy) is 2. The van der Waals surface area contributed by atoms with Crippen molar-refractivity contribution >= 4 is 29.1 Å². The molecule has 2 aromatic rings. The van der Waals surface area contributed by atoms with Gasteiger partial charge in [0.1, 0.15) is 13.2 Å². The minimum atomic E-state index is -0.312. The summed E-state index contributed by atoms with van der Waals surface area (Å²) in [5.74, 6) is 1.08. The Morgan fingerprint density at radius 3 is 2.58 bits per heavy atom. The lowest BCUT2D eigenvalue weighted by Gasteiger charge is -2.25. The molecule has 5 rings (SSSR count). The number of carbonyl (C=O) groups is 2. The van der Waals surface area contributed by atoms with Gasteiger partial charge in [-0.15, -0.1) is 0 Å². The van der Waals surface area contributed by atoms with Crippen molar-refractivity contribution in [1.29, 1.82) is 0 Å². The number of rotatable bonds is 4. The second kappa shape index (κ2) is 9.61. The predicted molar refractivity (Wildman–Crippen MR) is 126 cm³/mol. The third-order valence-corrected chi connectivity index (χ3v) is 6.78. The Morgan fingerprint density at radius 2 is 1.76 bits per heavy atom. The van der Waals surface area contributed by atoms with Gasteiger partial charge in [0.25, 0.3) is 0 Å². The molecule has 7 nitrogen and oxygen atoms in total. The van der Waals surface area contributed by atoms with Crippen molar-refractivity contribution in [3.05, 3.63) is 53.1 Å². The smallest absolute Gasteiger partial charge is 0.228 e. The van der Waals surface area contributed by atoms with Gasteiger partial charge in [0.15, 0.2) is 11.5 Å². The number of halogens is 1. The zero-order chi connectivity index (χ0) is 22.8. The van der Waals surface area contributed by atoms with Crippen LogP contribution in [0, 0.1) is 5.92 Å². The summed E-state index contributed by atoms with van der Waals surface area (Å²) in [4.78, 5) is 32.0. The molecule has 0 saturated carbocycles. The minimum Gasteiger partial charge on any atom is -0.486 e. The van der Waals surface area contributed by atoms with Gasteiger partial charge in [-0.2, -0.15) is 0 Å². The molecule has 2 fully saturated rings. The van der Waals surface area contributed by atoms with Crippen molar-refractivity contribution in [2.24, 2.45) is 5.92 Å². The number of hydrogen-bond donors (Lipinski definition) is 0. The van der Waals surface area contributed by atoms with Crippen LogP contribution in [0.25, 0.3) is 0 Å². The number of benzene rings is 2. The highest BCUT2D eigenvalue weighted by atomic mass is 35.5. The van der Waals surface area contributed by atoms with E-state index in [2.05, 4.69) is 4.90 Å². The van der Waals surface area contributed by atoms with Gasteiger partial charge in [0, 0.05) is 62.5 Å². The van der Waals surface area contributed by atoms with Gasteiger partial charge in [-0.1, -0.05) is 23.7 Å². The second-order valence-electron chi connectivity index (χ2n) is 8.81. The molecule has 3 heterocycles. The zero-order valence-corrected chi connectivity index (χ0v) is 19.3. The van der Waals surface area contributed by atoms with E-state index in [-0.39, 0.29) is 24.2 Å². The van der Waals surface area contributed by atoms with Crippen molar-refractivity contribution in [3.63, 3.8) is 0 Å². The number of amides is 2. The van der Waals surface area contributed by atoms with Gasteiger partial charge in [-0.05, 0) is 36.2 Å². The van der Waals surface area contributed by atoms with Crippen LogP contribution in [0.3, 0.4) is 0 Å². The molecule has 0 radical (unpaired) electrons. The standard InChI is InChI=1S/C25H28ClN3O4/c26-20-4-2-18(3-5-20)16-27-8-1-9-28(11-10-27)25(31)19-14-24(30)29(17-19)21-6-7-22-23(15-21)33-13-12-32-22/h2-7,15,19H,1,8-14,16-17H2. The number of anilines is 1. The molecule has 2 aromatic carbocycles. The van der Waals surface area contributed by atoms with E-state index >= 15 is 0 Å². The summed E-state index contributed by atoms with van der Waals surface area (Å²) >= 11 is 5.99. The average Bonchev–Trinajstić information content (AvgIpc) is 3.07. The van der Waals surface area contributed by atoms with Crippen LogP contribution in [0.15, 0.2) is 42.5 Å². The van der Waals surface area contributed by atoms with Gasteiger partial charge in [0.2, 0.25) is 11.8 Å². The van der Waals surface area contributed by atoms with E-state index in [4.69, 9.17) is 21.1 Å². The van der Waals surface area contributed by atoms with Crippen LogP contribution in [0.1, 0.15) is 18.4 Å². The Bertz CT molecular complexity index is 1030. The highest BCUT2D eigenvalue weighted by Gasteiger charge is 2.38.